The van der Waals surface area contributed by atoms with Crippen LogP contribution in [-0.2, 0) is 14.3 Å². The molecule has 0 spiro atoms. The van der Waals surface area contributed by atoms with E-state index in [0.29, 0.717) is 44.4 Å². The van der Waals surface area contributed by atoms with Crippen molar-refractivity contribution in [3.8, 4) is 0 Å². The van der Waals surface area contributed by atoms with E-state index in [9.17, 15) is 9.59 Å². The first-order valence-electron chi connectivity index (χ1n) is 8.43. The molecule has 0 aromatic carbocycles. The van der Waals surface area contributed by atoms with Crippen molar-refractivity contribution in [1.82, 2.24) is 15.0 Å². The molecule has 0 radical (unpaired) electrons. The van der Waals surface area contributed by atoms with Gasteiger partial charge in [0, 0.05) is 38.9 Å². The van der Waals surface area contributed by atoms with Gasteiger partial charge < -0.3 is 19.5 Å². The highest BCUT2D eigenvalue weighted by Crippen LogP contribution is 2.17. The van der Waals surface area contributed by atoms with Gasteiger partial charge in [-0.05, 0) is 26.7 Å². The monoisotopic (exact) mass is 336 g/mol. The molecule has 1 aromatic heterocycles. The Labute approximate surface area is 141 Å². The molecule has 2 fully saturated rings. The summed E-state index contributed by atoms with van der Waals surface area (Å²) >= 11 is 0. The zero-order valence-electron chi connectivity index (χ0n) is 14.2. The zero-order valence-corrected chi connectivity index (χ0v) is 14.2. The summed E-state index contributed by atoms with van der Waals surface area (Å²) in [6.45, 7) is 6.90. The number of hydrogen-bond donors (Lipinski definition) is 1. The highest BCUT2D eigenvalue weighted by atomic mass is 16.5. The van der Waals surface area contributed by atoms with Gasteiger partial charge in [-0.1, -0.05) is 5.16 Å². The minimum Gasteiger partial charge on any atom is -0.368 e. The molecule has 8 heteroatoms. The molecule has 2 aliphatic heterocycles. The van der Waals surface area contributed by atoms with Gasteiger partial charge in [0.15, 0.2) is 5.82 Å². The van der Waals surface area contributed by atoms with E-state index in [2.05, 4.69) is 15.4 Å². The van der Waals surface area contributed by atoms with Crippen LogP contribution in [0.2, 0.25) is 0 Å². The van der Waals surface area contributed by atoms with Crippen LogP contribution in [0.4, 0.5) is 5.82 Å². The molecule has 0 saturated carbocycles. The summed E-state index contributed by atoms with van der Waals surface area (Å²) in [5.41, 5.74) is 0. The van der Waals surface area contributed by atoms with Gasteiger partial charge in [-0.15, -0.1) is 0 Å². The van der Waals surface area contributed by atoms with Gasteiger partial charge >= 0.3 is 0 Å². The second-order valence-corrected chi connectivity index (χ2v) is 6.35. The number of anilines is 1. The number of carbonyl (C=O) groups excluding carboxylic acids is 2. The van der Waals surface area contributed by atoms with E-state index in [-0.39, 0.29) is 24.0 Å². The van der Waals surface area contributed by atoms with Gasteiger partial charge in [-0.3, -0.25) is 14.5 Å². The van der Waals surface area contributed by atoms with E-state index in [4.69, 9.17) is 9.26 Å². The molecule has 132 valence electrons. The normalized spacial score (nSPS) is 23.2. The molecular weight excluding hydrogens is 312 g/mol. The Hall–Kier alpha value is -1.93. The number of carbonyl (C=O) groups is 2. The van der Waals surface area contributed by atoms with Crippen LogP contribution in [0.1, 0.15) is 25.5 Å². The highest BCUT2D eigenvalue weighted by molar-refractivity contribution is 5.93. The lowest BCUT2D eigenvalue weighted by Crippen LogP contribution is -2.55. The minimum atomic E-state index is -0.290. The smallest absolute Gasteiger partial charge is 0.251 e. The average Bonchev–Trinajstić information content (AvgIpc) is 3.25. The Morgan fingerprint density at radius 1 is 1.33 bits per heavy atom. The molecule has 3 heterocycles. The second-order valence-electron chi connectivity index (χ2n) is 6.35. The van der Waals surface area contributed by atoms with Crippen LogP contribution in [0.15, 0.2) is 10.6 Å². The SMILES string of the molecule is Cc1cc(NC(=O)C(C)N2CCN(C(=O)C3CCCO3)CC2)no1. The van der Waals surface area contributed by atoms with Crippen LogP contribution in [-0.4, -0.2) is 71.7 Å². The Bertz CT molecular complexity index is 589. The van der Waals surface area contributed by atoms with E-state index in [1.165, 1.54) is 0 Å². The molecule has 0 bridgehead atoms. The summed E-state index contributed by atoms with van der Waals surface area (Å²) in [4.78, 5) is 28.6. The third kappa shape index (κ3) is 3.76. The van der Waals surface area contributed by atoms with Crippen LogP contribution in [0, 0.1) is 6.92 Å². The lowest BCUT2D eigenvalue weighted by molar-refractivity contribution is -0.143. The second kappa shape index (κ2) is 7.31. The largest absolute Gasteiger partial charge is 0.368 e. The number of nitrogens with one attached hydrogen (secondary N) is 1. The van der Waals surface area contributed by atoms with E-state index >= 15 is 0 Å². The zero-order chi connectivity index (χ0) is 17.1. The summed E-state index contributed by atoms with van der Waals surface area (Å²) in [5.74, 6) is 1.04. The van der Waals surface area contributed by atoms with E-state index in [0.717, 1.165) is 12.8 Å². The van der Waals surface area contributed by atoms with Crippen LogP contribution < -0.4 is 5.32 Å². The maximum absolute atomic E-state index is 12.3. The van der Waals surface area contributed by atoms with Crippen molar-refractivity contribution in [3.05, 3.63) is 11.8 Å². The number of amides is 2. The minimum absolute atomic E-state index is 0.0855. The van der Waals surface area contributed by atoms with Gasteiger partial charge in [-0.2, -0.15) is 0 Å². The van der Waals surface area contributed by atoms with E-state index < -0.39 is 0 Å². The molecule has 3 rings (SSSR count). The average molecular weight is 336 g/mol. The fraction of sp³-hybridized carbons (Fsp3) is 0.688. The molecule has 0 aliphatic carbocycles. The number of aromatic nitrogens is 1. The number of aryl methyl sites for hydroxylation is 1. The van der Waals surface area contributed by atoms with Crippen molar-refractivity contribution in [2.24, 2.45) is 0 Å². The molecule has 2 amide bonds. The number of rotatable bonds is 4. The number of piperazine rings is 1. The predicted molar refractivity (Wildman–Crippen MR) is 86.5 cm³/mol. The molecule has 2 saturated heterocycles. The Kier molecular flexibility index (Phi) is 5.15. The first kappa shape index (κ1) is 16.9. The summed E-state index contributed by atoms with van der Waals surface area (Å²) in [6, 6.07) is 1.39. The third-order valence-electron chi connectivity index (χ3n) is 4.64. The molecule has 8 nitrogen and oxygen atoms in total. The molecule has 2 aliphatic rings. The van der Waals surface area contributed by atoms with Crippen LogP contribution >= 0.6 is 0 Å². The lowest BCUT2D eigenvalue weighted by atomic mass is 10.1. The van der Waals surface area contributed by atoms with Crippen molar-refractivity contribution in [2.45, 2.75) is 38.8 Å². The molecule has 24 heavy (non-hydrogen) atoms. The van der Waals surface area contributed by atoms with E-state index in [1.54, 1.807) is 13.0 Å². The van der Waals surface area contributed by atoms with Gasteiger partial charge in [0.25, 0.3) is 5.91 Å². The van der Waals surface area contributed by atoms with Crippen molar-refractivity contribution in [2.75, 3.05) is 38.1 Å². The quantitative estimate of drug-likeness (QED) is 0.868. The van der Waals surface area contributed by atoms with Crippen molar-refractivity contribution < 1.29 is 18.8 Å². The third-order valence-corrected chi connectivity index (χ3v) is 4.64. The lowest BCUT2D eigenvalue weighted by Gasteiger charge is -2.38. The fourth-order valence-electron chi connectivity index (χ4n) is 3.13. The molecular formula is C16H24N4O4. The van der Waals surface area contributed by atoms with Crippen LogP contribution in [0.25, 0.3) is 0 Å². The van der Waals surface area contributed by atoms with Crippen molar-refractivity contribution >= 4 is 17.6 Å². The maximum atomic E-state index is 12.3. The summed E-state index contributed by atoms with van der Waals surface area (Å²) in [7, 11) is 0. The van der Waals surface area contributed by atoms with Gasteiger partial charge in [0.2, 0.25) is 5.91 Å². The van der Waals surface area contributed by atoms with Crippen LogP contribution in [0.3, 0.4) is 0 Å². The Balaban J connectivity index is 1.48. The molecule has 2 atom stereocenters. The standard InChI is InChI=1S/C16H24N4O4/c1-11-10-14(18-24-11)17-15(21)12(2)19-5-7-20(8-6-19)16(22)13-4-3-9-23-13/h10,12-13H,3-9H2,1-2H3,(H,17,18,21). The van der Waals surface area contributed by atoms with E-state index in [1.807, 2.05) is 11.8 Å². The van der Waals surface area contributed by atoms with Crippen molar-refractivity contribution in [1.29, 1.82) is 0 Å². The first-order chi connectivity index (χ1) is 11.5. The summed E-state index contributed by atoms with van der Waals surface area (Å²) < 4.78 is 10.4. The fourth-order valence-corrected chi connectivity index (χ4v) is 3.13. The Morgan fingerprint density at radius 3 is 2.67 bits per heavy atom. The molecule has 1 N–H and O–H groups in total. The van der Waals surface area contributed by atoms with Gasteiger partial charge in [-0.25, -0.2) is 0 Å². The molecule has 1 aromatic rings. The van der Waals surface area contributed by atoms with Crippen molar-refractivity contribution in [3.63, 3.8) is 0 Å². The maximum Gasteiger partial charge on any atom is 0.251 e. The van der Waals surface area contributed by atoms with Gasteiger partial charge in [0.05, 0.1) is 6.04 Å². The predicted octanol–water partition coefficient (Wildman–Crippen LogP) is 0.633. The topological polar surface area (TPSA) is 87.9 Å². The molecule has 2 unspecified atom stereocenters. The number of hydrogen-bond acceptors (Lipinski definition) is 6. The number of nitrogens with zero attached hydrogens (tertiary/aromatic N) is 3. The summed E-state index contributed by atoms with van der Waals surface area (Å²) in [6.07, 6.45) is 1.50. The first-order valence-corrected chi connectivity index (χ1v) is 8.43. The van der Waals surface area contributed by atoms with Gasteiger partial charge in [0.1, 0.15) is 11.9 Å². The highest BCUT2D eigenvalue weighted by Gasteiger charge is 2.32. The number of ether oxygens (including phenoxy) is 1. The van der Waals surface area contributed by atoms with Crippen LogP contribution in [0.5, 0.6) is 0 Å². The summed E-state index contributed by atoms with van der Waals surface area (Å²) in [5, 5.41) is 6.52. The Morgan fingerprint density at radius 2 is 2.08 bits per heavy atom.